The predicted octanol–water partition coefficient (Wildman–Crippen LogP) is 3.05. The summed E-state index contributed by atoms with van der Waals surface area (Å²) in [4.78, 5) is 4.82. The van der Waals surface area contributed by atoms with Gasteiger partial charge in [0.2, 0.25) is 0 Å². The van der Waals surface area contributed by atoms with E-state index in [0.717, 1.165) is 61.2 Å². The first-order valence-electron chi connectivity index (χ1n) is 10.8. The summed E-state index contributed by atoms with van der Waals surface area (Å²) in [5.74, 6) is 2.36. The number of hydrogen-bond donors (Lipinski definition) is 0. The lowest BCUT2D eigenvalue weighted by Gasteiger charge is -2.39. The number of hydrogen-bond acceptors (Lipinski definition) is 7. The number of rotatable bonds is 9. The van der Waals surface area contributed by atoms with E-state index in [1.807, 2.05) is 47.2 Å². The fraction of sp³-hybridized carbons (Fsp3) is 0.375. The van der Waals surface area contributed by atoms with E-state index >= 15 is 0 Å². The van der Waals surface area contributed by atoms with Crippen LogP contribution in [-0.4, -0.2) is 77.0 Å². The molecule has 33 heavy (non-hydrogen) atoms. The van der Waals surface area contributed by atoms with E-state index in [1.165, 1.54) is 0 Å². The topological polar surface area (TPSA) is 68.5 Å². The van der Waals surface area contributed by atoms with E-state index < -0.39 is 0 Å². The molecule has 1 saturated heterocycles. The normalized spacial score (nSPS) is 15.5. The van der Waals surface area contributed by atoms with Gasteiger partial charge in [-0.25, -0.2) is 4.68 Å². The molecule has 0 saturated carbocycles. The quantitative estimate of drug-likeness (QED) is 0.445. The van der Waals surface area contributed by atoms with E-state index in [0.29, 0.717) is 6.54 Å². The van der Waals surface area contributed by atoms with Crippen LogP contribution < -0.4 is 9.47 Å². The van der Waals surface area contributed by atoms with Crippen molar-refractivity contribution in [2.75, 3.05) is 46.9 Å². The third kappa shape index (κ3) is 5.71. The van der Waals surface area contributed by atoms with E-state index in [-0.39, 0.29) is 18.4 Å². The van der Waals surface area contributed by atoms with Gasteiger partial charge in [0.05, 0.1) is 20.8 Å². The lowest BCUT2D eigenvalue weighted by atomic mass is 10.0. The van der Waals surface area contributed by atoms with Gasteiger partial charge in [-0.05, 0) is 34.2 Å². The van der Waals surface area contributed by atoms with Gasteiger partial charge in [0.1, 0.15) is 17.5 Å². The van der Waals surface area contributed by atoms with Crippen molar-refractivity contribution < 1.29 is 9.47 Å². The number of methoxy groups -OCH3 is 2. The maximum atomic E-state index is 5.75. The van der Waals surface area contributed by atoms with Crippen LogP contribution >= 0.6 is 12.4 Å². The number of aromatic nitrogens is 4. The smallest absolute Gasteiger partial charge is 0.173 e. The Morgan fingerprint density at radius 2 is 1.79 bits per heavy atom. The molecule has 176 valence electrons. The van der Waals surface area contributed by atoms with Crippen molar-refractivity contribution >= 4 is 12.4 Å². The molecule has 1 unspecified atom stereocenters. The molecule has 0 N–H and O–H groups in total. The molecule has 1 fully saturated rings. The molecule has 0 bridgehead atoms. The van der Waals surface area contributed by atoms with Gasteiger partial charge in [0.25, 0.3) is 0 Å². The SMILES string of the molecule is C=CCN1CCN(C(c2cc(OC)ccc2OC)c2nnnn2Cc2ccccc2)CC1.Cl. The van der Waals surface area contributed by atoms with Crippen LogP contribution in [0.4, 0.5) is 0 Å². The van der Waals surface area contributed by atoms with Crippen LogP contribution in [0.5, 0.6) is 11.5 Å². The van der Waals surface area contributed by atoms with Crippen LogP contribution in [0, 0.1) is 0 Å². The van der Waals surface area contributed by atoms with Crippen molar-refractivity contribution in [3.8, 4) is 11.5 Å². The molecule has 0 spiro atoms. The molecule has 1 aromatic heterocycles. The molecule has 0 radical (unpaired) electrons. The molecule has 3 aromatic rings. The molecule has 4 rings (SSSR count). The summed E-state index contributed by atoms with van der Waals surface area (Å²) in [5, 5.41) is 12.9. The lowest BCUT2D eigenvalue weighted by molar-refractivity contribution is 0.111. The zero-order chi connectivity index (χ0) is 22.3. The Balaban J connectivity index is 0.00000306. The highest BCUT2D eigenvalue weighted by atomic mass is 35.5. The van der Waals surface area contributed by atoms with E-state index in [2.05, 4.69) is 44.0 Å². The van der Waals surface area contributed by atoms with Crippen LogP contribution in [0.15, 0.2) is 61.2 Å². The number of benzene rings is 2. The molecule has 2 heterocycles. The van der Waals surface area contributed by atoms with Crippen LogP contribution in [-0.2, 0) is 6.54 Å². The van der Waals surface area contributed by atoms with Gasteiger partial charge in [-0.15, -0.1) is 24.1 Å². The van der Waals surface area contributed by atoms with E-state index in [4.69, 9.17) is 9.47 Å². The first-order valence-corrected chi connectivity index (χ1v) is 10.8. The van der Waals surface area contributed by atoms with Gasteiger partial charge in [-0.3, -0.25) is 9.80 Å². The van der Waals surface area contributed by atoms with Crippen molar-refractivity contribution in [1.82, 2.24) is 30.0 Å². The summed E-state index contributed by atoms with van der Waals surface area (Å²) in [5.41, 5.74) is 2.14. The summed E-state index contributed by atoms with van der Waals surface area (Å²) in [6, 6.07) is 16.0. The van der Waals surface area contributed by atoms with Crippen LogP contribution in [0.2, 0.25) is 0 Å². The van der Waals surface area contributed by atoms with Gasteiger partial charge in [-0.2, -0.15) is 0 Å². The van der Waals surface area contributed by atoms with Crippen molar-refractivity contribution in [3.63, 3.8) is 0 Å². The van der Waals surface area contributed by atoms with Gasteiger partial charge in [0.15, 0.2) is 5.82 Å². The van der Waals surface area contributed by atoms with Gasteiger partial charge in [-0.1, -0.05) is 36.4 Å². The number of halogens is 1. The Kier molecular flexibility index (Phi) is 8.82. The van der Waals surface area contributed by atoms with E-state index in [1.54, 1.807) is 14.2 Å². The van der Waals surface area contributed by atoms with Crippen LogP contribution in [0.3, 0.4) is 0 Å². The van der Waals surface area contributed by atoms with Crippen molar-refractivity contribution in [1.29, 1.82) is 0 Å². The van der Waals surface area contributed by atoms with Gasteiger partial charge >= 0.3 is 0 Å². The minimum atomic E-state index is -0.162. The molecular weight excluding hydrogens is 440 g/mol. The summed E-state index contributed by atoms with van der Waals surface area (Å²) >= 11 is 0. The summed E-state index contributed by atoms with van der Waals surface area (Å²) in [6.07, 6.45) is 1.96. The zero-order valence-corrected chi connectivity index (χ0v) is 19.9. The molecule has 2 aromatic carbocycles. The van der Waals surface area contributed by atoms with Crippen LogP contribution in [0.25, 0.3) is 0 Å². The minimum Gasteiger partial charge on any atom is -0.497 e. The summed E-state index contributed by atoms with van der Waals surface area (Å²) < 4.78 is 13.2. The van der Waals surface area contributed by atoms with Crippen molar-refractivity contribution in [3.05, 3.63) is 78.1 Å². The summed E-state index contributed by atoms with van der Waals surface area (Å²) in [6.45, 7) is 9.05. The average Bonchev–Trinajstić information content (AvgIpc) is 3.28. The molecule has 9 heteroatoms. The third-order valence-corrected chi connectivity index (χ3v) is 5.87. The fourth-order valence-electron chi connectivity index (χ4n) is 4.22. The first-order chi connectivity index (χ1) is 15.7. The van der Waals surface area contributed by atoms with E-state index in [9.17, 15) is 0 Å². The Morgan fingerprint density at radius 1 is 1.03 bits per heavy atom. The average molecular weight is 471 g/mol. The highest BCUT2D eigenvalue weighted by Gasteiger charge is 2.32. The Labute approximate surface area is 201 Å². The number of tetrazole rings is 1. The molecule has 0 amide bonds. The first kappa shape index (κ1) is 24.7. The largest absolute Gasteiger partial charge is 0.497 e. The number of piperazine rings is 1. The molecular formula is C24H31ClN6O2. The minimum absolute atomic E-state index is 0. The standard InChI is InChI=1S/C24H30N6O2.ClH/c1-4-12-28-13-15-29(16-14-28)23(21-17-20(31-2)10-11-22(21)32-3)24-25-26-27-30(24)18-19-8-6-5-7-9-19;/h4-11,17,23H,1,12-16,18H2,2-3H3;1H. The fourth-order valence-corrected chi connectivity index (χ4v) is 4.22. The predicted molar refractivity (Wildman–Crippen MR) is 130 cm³/mol. The third-order valence-electron chi connectivity index (χ3n) is 5.87. The molecule has 0 aliphatic carbocycles. The maximum absolute atomic E-state index is 5.75. The summed E-state index contributed by atoms with van der Waals surface area (Å²) in [7, 11) is 3.37. The Hall–Kier alpha value is -2.94. The highest BCUT2D eigenvalue weighted by Crippen LogP contribution is 2.36. The maximum Gasteiger partial charge on any atom is 0.173 e. The van der Waals surface area contributed by atoms with Crippen LogP contribution in [0.1, 0.15) is 23.0 Å². The van der Waals surface area contributed by atoms with Crippen molar-refractivity contribution in [2.45, 2.75) is 12.6 Å². The van der Waals surface area contributed by atoms with Crippen molar-refractivity contribution in [2.24, 2.45) is 0 Å². The lowest BCUT2D eigenvalue weighted by Crippen LogP contribution is -2.48. The second kappa shape index (κ2) is 11.8. The Bertz CT molecular complexity index is 1020. The molecule has 1 aliphatic rings. The van der Waals surface area contributed by atoms with Gasteiger partial charge < -0.3 is 9.47 Å². The highest BCUT2D eigenvalue weighted by molar-refractivity contribution is 5.85. The Morgan fingerprint density at radius 3 is 2.45 bits per heavy atom. The molecule has 8 nitrogen and oxygen atoms in total. The molecule has 1 atom stereocenters. The monoisotopic (exact) mass is 470 g/mol. The second-order valence-corrected chi connectivity index (χ2v) is 7.82. The second-order valence-electron chi connectivity index (χ2n) is 7.82. The zero-order valence-electron chi connectivity index (χ0n) is 19.1. The number of nitrogens with zero attached hydrogens (tertiary/aromatic N) is 6. The molecule has 1 aliphatic heterocycles. The van der Waals surface area contributed by atoms with Gasteiger partial charge in [0, 0.05) is 38.3 Å². The number of ether oxygens (including phenoxy) is 2.